The van der Waals surface area contributed by atoms with Gasteiger partial charge in [-0.1, -0.05) is 38.8 Å². The molecular formula is C19H33IN4O2S. The van der Waals surface area contributed by atoms with Crippen LogP contribution in [0, 0.1) is 11.8 Å². The first-order valence-corrected chi connectivity index (χ1v) is 10.9. The van der Waals surface area contributed by atoms with Crippen LogP contribution in [0.5, 0.6) is 0 Å². The van der Waals surface area contributed by atoms with Gasteiger partial charge in [-0.3, -0.25) is 4.99 Å². The summed E-state index contributed by atoms with van der Waals surface area (Å²) >= 11 is 0. The zero-order valence-electron chi connectivity index (χ0n) is 16.7. The van der Waals surface area contributed by atoms with Crippen LogP contribution >= 0.6 is 24.0 Å². The van der Waals surface area contributed by atoms with Crippen LogP contribution in [0.2, 0.25) is 0 Å². The summed E-state index contributed by atoms with van der Waals surface area (Å²) in [6.45, 7) is 7.16. The van der Waals surface area contributed by atoms with Gasteiger partial charge in [-0.05, 0) is 43.0 Å². The van der Waals surface area contributed by atoms with Crippen LogP contribution in [0.25, 0.3) is 0 Å². The van der Waals surface area contributed by atoms with Crippen LogP contribution in [0.1, 0.15) is 38.7 Å². The quantitative estimate of drug-likeness (QED) is 0.338. The number of nitrogens with one attached hydrogen (secondary N) is 2. The molecule has 1 fully saturated rings. The molecule has 1 aromatic carbocycles. The maximum absolute atomic E-state index is 11.9. The molecule has 2 N–H and O–H groups in total. The highest BCUT2D eigenvalue weighted by atomic mass is 127. The van der Waals surface area contributed by atoms with E-state index >= 15 is 0 Å². The Labute approximate surface area is 181 Å². The fourth-order valence-corrected chi connectivity index (χ4v) is 4.57. The Morgan fingerprint density at radius 1 is 1.33 bits per heavy atom. The van der Waals surface area contributed by atoms with E-state index in [-0.39, 0.29) is 28.9 Å². The van der Waals surface area contributed by atoms with Crippen LogP contribution in [-0.4, -0.2) is 46.5 Å². The number of benzene rings is 1. The number of hydrogen-bond acceptors (Lipinski definition) is 3. The highest BCUT2D eigenvalue weighted by molar-refractivity contribution is 14.0. The minimum Gasteiger partial charge on any atom is -0.352 e. The van der Waals surface area contributed by atoms with Gasteiger partial charge in [0.05, 0.1) is 4.90 Å². The highest BCUT2D eigenvalue weighted by Gasteiger charge is 2.29. The molecular weight excluding hydrogens is 475 g/mol. The standard InChI is InChI=1S/C19H32N4O2S.HI/c1-5-16(6-2)17-10-11-23(14-17)19(20-3)22-13-15-8-7-9-18(12-15)26(24,25)21-4;/h7-9,12,16-17,21H,5-6,10-11,13-14H2,1-4H3,(H,20,22);1H. The molecule has 154 valence electrons. The summed E-state index contributed by atoms with van der Waals surface area (Å²) in [6.07, 6.45) is 3.67. The Balaban J connectivity index is 0.00000364. The number of sulfonamides is 1. The van der Waals surface area contributed by atoms with Crippen LogP contribution in [0.15, 0.2) is 34.2 Å². The lowest BCUT2D eigenvalue weighted by atomic mass is 9.87. The van der Waals surface area contributed by atoms with Crippen molar-refractivity contribution in [1.29, 1.82) is 0 Å². The van der Waals surface area contributed by atoms with Gasteiger partial charge in [0, 0.05) is 26.7 Å². The van der Waals surface area contributed by atoms with Gasteiger partial charge < -0.3 is 10.2 Å². The van der Waals surface area contributed by atoms with Crippen LogP contribution < -0.4 is 10.0 Å². The first-order valence-electron chi connectivity index (χ1n) is 9.43. The van der Waals surface area contributed by atoms with Crippen LogP contribution in [0.3, 0.4) is 0 Å². The number of rotatable bonds is 7. The molecule has 0 spiro atoms. The Kier molecular flexibility index (Phi) is 10.0. The lowest BCUT2D eigenvalue weighted by Crippen LogP contribution is -2.40. The number of halogens is 1. The fourth-order valence-electron chi connectivity index (χ4n) is 3.77. The van der Waals surface area contributed by atoms with E-state index in [1.165, 1.54) is 26.3 Å². The summed E-state index contributed by atoms with van der Waals surface area (Å²) in [5, 5.41) is 3.38. The summed E-state index contributed by atoms with van der Waals surface area (Å²) in [4.78, 5) is 7.02. The van der Waals surface area contributed by atoms with E-state index < -0.39 is 10.0 Å². The fraction of sp³-hybridized carbons (Fsp3) is 0.632. The second-order valence-electron chi connectivity index (χ2n) is 6.83. The molecule has 2 rings (SSSR count). The van der Waals surface area contributed by atoms with E-state index in [1.807, 2.05) is 6.07 Å². The Morgan fingerprint density at radius 3 is 2.63 bits per heavy atom. The smallest absolute Gasteiger partial charge is 0.240 e. The molecule has 0 aromatic heterocycles. The monoisotopic (exact) mass is 508 g/mol. The molecule has 0 saturated carbocycles. The highest BCUT2D eigenvalue weighted by Crippen LogP contribution is 2.28. The third-order valence-corrected chi connectivity index (χ3v) is 6.79. The maximum atomic E-state index is 11.9. The number of guanidine groups is 1. The molecule has 1 atom stereocenters. The number of likely N-dealkylation sites (tertiary alicyclic amines) is 1. The summed E-state index contributed by atoms with van der Waals surface area (Å²) in [5.74, 6) is 2.40. The van der Waals surface area contributed by atoms with Gasteiger partial charge in [0.2, 0.25) is 10.0 Å². The topological polar surface area (TPSA) is 73.8 Å². The molecule has 8 heteroatoms. The third-order valence-electron chi connectivity index (χ3n) is 5.38. The summed E-state index contributed by atoms with van der Waals surface area (Å²) in [7, 11) is -0.199. The van der Waals surface area contributed by atoms with Gasteiger partial charge >= 0.3 is 0 Å². The largest absolute Gasteiger partial charge is 0.352 e. The number of hydrogen-bond donors (Lipinski definition) is 2. The van der Waals surface area contributed by atoms with Gasteiger partial charge in [-0.2, -0.15) is 0 Å². The van der Waals surface area contributed by atoms with E-state index in [9.17, 15) is 8.42 Å². The Morgan fingerprint density at radius 2 is 2.04 bits per heavy atom. The molecule has 0 amide bonds. The minimum absolute atomic E-state index is 0. The van der Waals surface area contributed by atoms with Crippen molar-refractivity contribution in [3.05, 3.63) is 29.8 Å². The maximum Gasteiger partial charge on any atom is 0.240 e. The van der Waals surface area contributed by atoms with Crippen molar-refractivity contribution in [1.82, 2.24) is 14.9 Å². The predicted octanol–water partition coefficient (Wildman–Crippen LogP) is 3.05. The molecule has 1 aromatic rings. The second-order valence-corrected chi connectivity index (χ2v) is 8.71. The summed E-state index contributed by atoms with van der Waals surface area (Å²) in [6, 6.07) is 6.99. The third kappa shape index (κ3) is 6.32. The average Bonchev–Trinajstić information content (AvgIpc) is 3.13. The normalized spacial score (nSPS) is 17.9. The van der Waals surface area contributed by atoms with Gasteiger partial charge in [-0.25, -0.2) is 13.1 Å². The van der Waals surface area contributed by atoms with Crippen LogP contribution in [-0.2, 0) is 16.6 Å². The van der Waals surface area contributed by atoms with Crippen molar-refractivity contribution >= 4 is 40.0 Å². The molecule has 0 aliphatic carbocycles. The second kappa shape index (κ2) is 11.2. The van der Waals surface area contributed by atoms with E-state index in [2.05, 4.69) is 33.8 Å². The molecule has 6 nitrogen and oxygen atoms in total. The molecule has 1 aliphatic rings. The average molecular weight is 508 g/mol. The van der Waals surface area contributed by atoms with Crippen molar-refractivity contribution in [2.75, 3.05) is 27.2 Å². The number of aliphatic imine (C=N–C) groups is 1. The van der Waals surface area contributed by atoms with Gasteiger partial charge in [0.1, 0.15) is 0 Å². The first-order chi connectivity index (χ1) is 12.4. The predicted molar refractivity (Wildman–Crippen MR) is 122 cm³/mol. The van der Waals surface area contributed by atoms with Gasteiger partial charge in [0.15, 0.2) is 5.96 Å². The molecule has 1 unspecified atom stereocenters. The summed E-state index contributed by atoms with van der Waals surface area (Å²) in [5.41, 5.74) is 0.915. The Hall–Kier alpha value is -0.870. The Bertz CT molecular complexity index is 720. The zero-order valence-corrected chi connectivity index (χ0v) is 19.9. The van der Waals surface area contributed by atoms with E-state index in [1.54, 1.807) is 25.2 Å². The van der Waals surface area contributed by atoms with E-state index in [4.69, 9.17) is 0 Å². The molecule has 1 heterocycles. The van der Waals surface area contributed by atoms with Crippen molar-refractivity contribution < 1.29 is 8.42 Å². The van der Waals surface area contributed by atoms with Gasteiger partial charge in [-0.15, -0.1) is 24.0 Å². The lowest BCUT2D eigenvalue weighted by Gasteiger charge is -2.24. The molecule has 27 heavy (non-hydrogen) atoms. The number of nitrogens with zero attached hydrogens (tertiary/aromatic N) is 2. The van der Waals surface area contributed by atoms with Gasteiger partial charge in [0.25, 0.3) is 0 Å². The molecule has 1 aliphatic heterocycles. The lowest BCUT2D eigenvalue weighted by molar-refractivity contribution is 0.319. The molecule has 0 bridgehead atoms. The molecule has 1 saturated heterocycles. The minimum atomic E-state index is -3.42. The van der Waals surface area contributed by atoms with Crippen molar-refractivity contribution in [3.63, 3.8) is 0 Å². The zero-order chi connectivity index (χ0) is 19.2. The van der Waals surface area contributed by atoms with E-state index in [0.29, 0.717) is 6.54 Å². The first kappa shape index (κ1) is 24.2. The van der Waals surface area contributed by atoms with E-state index in [0.717, 1.165) is 36.4 Å². The summed E-state index contributed by atoms with van der Waals surface area (Å²) < 4.78 is 26.3. The molecule has 0 radical (unpaired) electrons. The SMILES string of the molecule is CCC(CC)C1CCN(C(=NC)NCc2cccc(S(=O)(=O)NC)c2)C1.I. The van der Waals surface area contributed by atoms with Crippen molar-refractivity contribution in [2.45, 2.75) is 44.6 Å². The van der Waals surface area contributed by atoms with Crippen molar-refractivity contribution in [3.8, 4) is 0 Å². The van der Waals surface area contributed by atoms with Crippen molar-refractivity contribution in [2.24, 2.45) is 16.8 Å². The van der Waals surface area contributed by atoms with Crippen LogP contribution in [0.4, 0.5) is 0 Å².